The summed E-state index contributed by atoms with van der Waals surface area (Å²) >= 11 is 0. The SMILES string of the molecule is CCCCCCCCCCCCCCCC(=O)O[C@H](COC(=O)CCCCCCCCC)COP(=O)(O)OCCN. The number of carbonyl (C=O) groups excluding carboxylic acids is 2. The van der Waals surface area contributed by atoms with Crippen LogP contribution in [0.5, 0.6) is 0 Å². The van der Waals surface area contributed by atoms with Gasteiger partial charge in [-0.2, -0.15) is 0 Å². The van der Waals surface area contributed by atoms with Gasteiger partial charge in [0.25, 0.3) is 0 Å². The second kappa shape index (κ2) is 29.1. The van der Waals surface area contributed by atoms with Crippen molar-refractivity contribution in [1.82, 2.24) is 0 Å². The molecule has 1 unspecified atom stereocenters. The molecule has 0 spiro atoms. The van der Waals surface area contributed by atoms with Gasteiger partial charge < -0.3 is 20.1 Å². The van der Waals surface area contributed by atoms with Gasteiger partial charge in [-0.25, -0.2) is 4.57 Å². The second-order valence-electron chi connectivity index (χ2n) is 11.0. The van der Waals surface area contributed by atoms with Crippen molar-refractivity contribution in [3.05, 3.63) is 0 Å². The van der Waals surface area contributed by atoms with E-state index in [0.29, 0.717) is 6.42 Å². The highest BCUT2D eigenvalue weighted by Crippen LogP contribution is 2.43. The first kappa shape index (κ1) is 40.0. The number of hydrogen-bond acceptors (Lipinski definition) is 8. The largest absolute Gasteiger partial charge is 0.472 e. The smallest absolute Gasteiger partial charge is 0.462 e. The minimum absolute atomic E-state index is 0.0572. The van der Waals surface area contributed by atoms with Crippen molar-refractivity contribution in [2.24, 2.45) is 5.73 Å². The standard InChI is InChI=1S/C31H62NO8P/c1-3-5-7-9-11-12-13-14-15-16-18-20-22-24-31(34)40-29(28-39-41(35,36)38-26-25-32)27-37-30(33)23-21-19-17-10-8-6-4-2/h29H,3-28,32H2,1-2H3,(H,35,36)/t29-/m1/s1. The van der Waals surface area contributed by atoms with E-state index >= 15 is 0 Å². The number of carbonyl (C=O) groups is 2. The zero-order chi connectivity index (χ0) is 30.4. The Hall–Kier alpha value is -0.990. The number of unbranched alkanes of at least 4 members (excludes halogenated alkanes) is 18. The molecular formula is C31H62NO8P. The molecule has 0 rings (SSSR count). The molecule has 0 aromatic heterocycles. The second-order valence-corrected chi connectivity index (χ2v) is 12.5. The maximum absolute atomic E-state index is 12.4. The van der Waals surface area contributed by atoms with Crippen molar-refractivity contribution in [3.8, 4) is 0 Å². The van der Waals surface area contributed by atoms with Gasteiger partial charge in [-0.15, -0.1) is 0 Å². The molecule has 0 aliphatic heterocycles. The predicted molar refractivity (Wildman–Crippen MR) is 165 cm³/mol. The number of hydrogen-bond donors (Lipinski definition) is 2. The average molecular weight is 608 g/mol. The predicted octanol–water partition coefficient (Wildman–Crippen LogP) is 8.16. The van der Waals surface area contributed by atoms with E-state index in [9.17, 15) is 19.0 Å². The van der Waals surface area contributed by atoms with Crippen molar-refractivity contribution >= 4 is 19.8 Å². The highest BCUT2D eigenvalue weighted by Gasteiger charge is 2.25. The Balaban J connectivity index is 4.25. The van der Waals surface area contributed by atoms with Crippen molar-refractivity contribution in [2.45, 2.75) is 161 Å². The highest BCUT2D eigenvalue weighted by atomic mass is 31.2. The van der Waals surface area contributed by atoms with Crippen LogP contribution in [0.3, 0.4) is 0 Å². The summed E-state index contributed by atoms with van der Waals surface area (Å²) in [6, 6.07) is 0. The third kappa shape index (κ3) is 28.9. The maximum Gasteiger partial charge on any atom is 0.472 e. The molecular weight excluding hydrogens is 545 g/mol. The lowest BCUT2D eigenvalue weighted by molar-refractivity contribution is -0.161. The Morgan fingerprint density at radius 2 is 1.05 bits per heavy atom. The Labute approximate surface area is 250 Å². The third-order valence-electron chi connectivity index (χ3n) is 6.99. The van der Waals surface area contributed by atoms with Gasteiger partial charge in [-0.3, -0.25) is 18.6 Å². The molecule has 0 aromatic rings. The topological polar surface area (TPSA) is 134 Å². The molecule has 0 bridgehead atoms. The van der Waals surface area contributed by atoms with Crippen molar-refractivity contribution < 1.29 is 37.6 Å². The molecule has 0 saturated carbocycles. The molecule has 0 amide bonds. The van der Waals surface area contributed by atoms with Gasteiger partial charge in [0.15, 0.2) is 6.10 Å². The van der Waals surface area contributed by atoms with E-state index in [1.165, 1.54) is 89.9 Å². The quantitative estimate of drug-likeness (QED) is 0.0454. The summed E-state index contributed by atoms with van der Waals surface area (Å²) in [5.74, 6) is -0.830. The molecule has 0 radical (unpaired) electrons. The number of phosphoric acid groups is 1. The number of ether oxygens (including phenoxy) is 2. The van der Waals surface area contributed by atoms with Gasteiger partial charge in [-0.05, 0) is 12.8 Å². The fourth-order valence-corrected chi connectivity index (χ4v) is 5.28. The third-order valence-corrected chi connectivity index (χ3v) is 7.98. The van der Waals surface area contributed by atoms with Crippen LogP contribution in [-0.4, -0.2) is 49.3 Å². The molecule has 0 aliphatic carbocycles. The summed E-state index contributed by atoms with van der Waals surface area (Å²) in [4.78, 5) is 34.4. The Bertz CT molecular complexity index is 664. The van der Waals surface area contributed by atoms with E-state index in [0.717, 1.165) is 32.1 Å². The van der Waals surface area contributed by atoms with Gasteiger partial charge in [-0.1, -0.05) is 129 Å². The zero-order valence-corrected chi connectivity index (χ0v) is 27.2. The number of rotatable bonds is 31. The molecule has 41 heavy (non-hydrogen) atoms. The van der Waals surface area contributed by atoms with E-state index in [1.807, 2.05) is 0 Å². The monoisotopic (exact) mass is 607 g/mol. The fraction of sp³-hybridized carbons (Fsp3) is 0.935. The van der Waals surface area contributed by atoms with E-state index in [2.05, 4.69) is 13.8 Å². The average Bonchev–Trinajstić information content (AvgIpc) is 2.95. The zero-order valence-electron chi connectivity index (χ0n) is 26.3. The molecule has 244 valence electrons. The van der Waals surface area contributed by atoms with Crippen LogP contribution in [0.15, 0.2) is 0 Å². The maximum atomic E-state index is 12.4. The van der Waals surface area contributed by atoms with Crippen LogP contribution in [0.25, 0.3) is 0 Å². The number of nitrogens with two attached hydrogens (primary N) is 1. The van der Waals surface area contributed by atoms with Gasteiger partial charge in [0, 0.05) is 19.4 Å². The fourth-order valence-electron chi connectivity index (χ4n) is 4.52. The van der Waals surface area contributed by atoms with Crippen molar-refractivity contribution in [1.29, 1.82) is 0 Å². The lowest BCUT2D eigenvalue weighted by Crippen LogP contribution is -2.29. The number of esters is 2. The van der Waals surface area contributed by atoms with Gasteiger partial charge in [0.05, 0.1) is 13.2 Å². The van der Waals surface area contributed by atoms with E-state index < -0.39 is 26.5 Å². The van der Waals surface area contributed by atoms with Gasteiger partial charge in [0.2, 0.25) is 0 Å². The first-order valence-electron chi connectivity index (χ1n) is 16.5. The Morgan fingerprint density at radius 1 is 0.634 bits per heavy atom. The summed E-state index contributed by atoms with van der Waals surface area (Å²) in [7, 11) is -4.35. The van der Waals surface area contributed by atoms with Crippen molar-refractivity contribution in [3.63, 3.8) is 0 Å². The van der Waals surface area contributed by atoms with Gasteiger partial charge in [0.1, 0.15) is 6.61 Å². The highest BCUT2D eigenvalue weighted by molar-refractivity contribution is 7.47. The lowest BCUT2D eigenvalue weighted by atomic mass is 10.0. The molecule has 0 fully saturated rings. The minimum atomic E-state index is -4.35. The normalized spacial score (nSPS) is 13.6. The molecule has 2 atom stereocenters. The van der Waals surface area contributed by atoms with Crippen molar-refractivity contribution in [2.75, 3.05) is 26.4 Å². The van der Waals surface area contributed by atoms with Crippen LogP contribution < -0.4 is 5.73 Å². The van der Waals surface area contributed by atoms with Crippen LogP contribution in [0.1, 0.15) is 155 Å². The van der Waals surface area contributed by atoms with Crippen LogP contribution >= 0.6 is 7.82 Å². The van der Waals surface area contributed by atoms with Gasteiger partial charge >= 0.3 is 19.8 Å². The first-order valence-corrected chi connectivity index (χ1v) is 18.0. The van der Waals surface area contributed by atoms with E-state index in [-0.39, 0.29) is 38.6 Å². The van der Waals surface area contributed by atoms with Crippen LogP contribution in [-0.2, 0) is 32.7 Å². The molecule has 9 nitrogen and oxygen atoms in total. The molecule has 0 saturated heterocycles. The molecule has 0 heterocycles. The minimum Gasteiger partial charge on any atom is -0.462 e. The van der Waals surface area contributed by atoms with Crippen LogP contribution in [0.4, 0.5) is 0 Å². The summed E-state index contributed by atoms with van der Waals surface area (Å²) in [5, 5.41) is 0. The first-order chi connectivity index (χ1) is 19.8. The Kier molecular flexibility index (Phi) is 28.4. The summed E-state index contributed by atoms with van der Waals surface area (Å²) < 4.78 is 32.4. The summed E-state index contributed by atoms with van der Waals surface area (Å²) in [5.41, 5.74) is 5.30. The number of phosphoric ester groups is 1. The van der Waals surface area contributed by atoms with Crippen LogP contribution in [0.2, 0.25) is 0 Å². The molecule has 0 aliphatic rings. The summed E-state index contributed by atoms with van der Waals surface area (Å²) in [6.07, 6.45) is 22.9. The van der Waals surface area contributed by atoms with E-state index in [1.54, 1.807) is 0 Å². The summed E-state index contributed by atoms with van der Waals surface area (Å²) in [6.45, 7) is 3.67. The van der Waals surface area contributed by atoms with E-state index in [4.69, 9.17) is 24.3 Å². The molecule has 3 N–H and O–H groups in total. The molecule has 10 heteroatoms. The molecule has 0 aromatic carbocycles. The lowest BCUT2D eigenvalue weighted by Gasteiger charge is -2.19. The Morgan fingerprint density at radius 3 is 1.49 bits per heavy atom. The van der Waals surface area contributed by atoms with Crippen LogP contribution in [0, 0.1) is 0 Å².